The first-order chi connectivity index (χ1) is 9.56. The van der Waals surface area contributed by atoms with Crippen molar-refractivity contribution in [1.82, 2.24) is 4.90 Å². The number of aryl methyl sites for hydroxylation is 2. The molecule has 4 heteroatoms. The highest BCUT2D eigenvalue weighted by Gasteiger charge is 2.13. The highest BCUT2D eigenvalue weighted by atomic mass is 16.5. The Labute approximate surface area is 122 Å². The standard InChI is InChI=1S/C16H28N2O2/c1-13-9-14(2)11-15(10-13)16(17)12-18(5-7-19-3)6-8-20-4/h9-11,16H,5-8,12,17H2,1-4H3. The number of ether oxygens (including phenoxy) is 2. The lowest BCUT2D eigenvalue weighted by atomic mass is 10.0. The summed E-state index contributed by atoms with van der Waals surface area (Å²) >= 11 is 0. The quantitative estimate of drug-likeness (QED) is 0.750. The van der Waals surface area contributed by atoms with Gasteiger partial charge in [0.1, 0.15) is 0 Å². The summed E-state index contributed by atoms with van der Waals surface area (Å²) in [6.07, 6.45) is 0. The molecule has 0 saturated heterocycles. The van der Waals surface area contributed by atoms with Gasteiger partial charge in [0.2, 0.25) is 0 Å². The van der Waals surface area contributed by atoms with Gasteiger partial charge in [-0.3, -0.25) is 4.90 Å². The molecular formula is C16H28N2O2. The fourth-order valence-electron chi connectivity index (χ4n) is 2.34. The number of nitrogens with two attached hydrogens (primary N) is 1. The zero-order valence-corrected chi connectivity index (χ0v) is 13.2. The summed E-state index contributed by atoms with van der Waals surface area (Å²) in [5, 5.41) is 0. The fraction of sp³-hybridized carbons (Fsp3) is 0.625. The van der Waals surface area contributed by atoms with Crippen molar-refractivity contribution in [2.45, 2.75) is 19.9 Å². The van der Waals surface area contributed by atoms with Crippen LogP contribution >= 0.6 is 0 Å². The van der Waals surface area contributed by atoms with Crippen molar-refractivity contribution in [3.8, 4) is 0 Å². The Morgan fingerprint density at radius 2 is 1.50 bits per heavy atom. The Kier molecular flexibility index (Phi) is 7.77. The van der Waals surface area contributed by atoms with Crippen LogP contribution in [0.2, 0.25) is 0 Å². The van der Waals surface area contributed by atoms with Gasteiger partial charge >= 0.3 is 0 Å². The Hall–Kier alpha value is -0.940. The molecule has 0 fully saturated rings. The third-order valence-corrected chi connectivity index (χ3v) is 3.35. The van der Waals surface area contributed by atoms with Crippen molar-refractivity contribution < 1.29 is 9.47 Å². The lowest BCUT2D eigenvalue weighted by molar-refractivity contribution is 0.110. The predicted octanol–water partition coefficient (Wildman–Crippen LogP) is 1.90. The Morgan fingerprint density at radius 1 is 1.00 bits per heavy atom. The van der Waals surface area contributed by atoms with Crippen LogP contribution in [0.1, 0.15) is 22.7 Å². The van der Waals surface area contributed by atoms with Crippen LogP contribution in [0.5, 0.6) is 0 Å². The molecule has 0 radical (unpaired) electrons. The maximum Gasteiger partial charge on any atom is 0.0589 e. The molecule has 0 amide bonds. The van der Waals surface area contributed by atoms with Gasteiger partial charge in [-0.15, -0.1) is 0 Å². The largest absolute Gasteiger partial charge is 0.383 e. The SMILES string of the molecule is COCCN(CCOC)CC(N)c1cc(C)cc(C)c1. The molecule has 0 spiro atoms. The van der Waals surface area contributed by atoms with E-state index in [1.165, 1.54) is 16.7 Å². The molecule has 1 unspecified atom stereocenters. The molecule has 0 aliphatic carbocycles. The molecule has 0 heterocycles. The first kappa shape index (κ1) is 17.1. The molecular weight excluding hydrogens is 252 g/mol. The monoisotopic (exact) mass is 280 g/mol. The van der Waals surface area contributed by atoms with E-state index in [2.05, 4.69) is 36.9 Å². The molecule has 1 aromatic carbocycles. The molecule has 0 bridgehead atoms. The van der Waals surface area contributed by atoms with Crippen LogP contribution in [-0.2, 0) is 9.47 Å². The topological polar surface area (TPSA) is 47.7 Å². The van der Waals surface area contributed by atoms with Gasteiger partial charge in [-0.2, -0.15) is 0 Å². The molecule has 0 aliphatic rings. The summed E-state index contributed by atoms with van der Waals surface area (Å²) in [4.78, 5) is 2.29. The number of rotatable bonds is 9. The van der Waals surface area contributed by atoms with E-state index in [1.54, 1.807) is 14.2 Å². The average Bonchev–Trinajstić information content (AvgIpc) is 2.40. The van der Waals surface area contributed by atoms with Gasteiger partial charge in [0.05, 0.1) is 13.2 Å². The number of methoxy groups -OCH3 is 2. The molecule has 0 aromatic heterocycles. The van der Waals surface area contributed by atoms with Crippen LogP contribution < -0.4 is 5.73 Å². The molecule has 1 atom stereocenters. The minimum absolute atomic E-state index is 0.0160. The highest BCUT2D eigenvalue weighted by Crippen LogP contribution is 2.16. The van der Waals surface area contributed by atoms with Gasteiger partial charge in [0, 0.05) is 39.9 Å². The van der Waals surface area contributed by atoms with E-state index < -0.39 is 0 Å². The molecule has 2 N–H and O–H groups in total. The highest BCUT2D eigenvalue weighted by molar-refractivity contribution is 5.30. The molecule has 0 saturated carbocycles. The number of benzene rings is 1. The van der Waals surface area contributed by atoms with Crippen molar-refractivity contribution in [3.63, 3.8) is 0 Å². The van der Waals surface area contributed by atoms with Crippen molar-refractivity contribution >= 4 is 0 Å². The third-order valence-electron chi connectivity index (χ3n) is 3.35. The molecule has 20 heavy (non-hydrogen) atoms. The third kappa shape index (κ3) is 6.01. The lowest BCUT2D eigenvalue weighted by Gasteiger charge is -2.25. The Morgan fingerprint density at radius 3 is 1.95 bits per heavy atom. The second-order valence-electron chi connectivity index (χ2n) is 5.31. The van der Waals surface area contributed by atoms with Crippen LogP contribution in [0, 0.1) is 13.8 Å². The van der Waals surface area contributed by atoms with Crippen molar-refractivity contribution in [2.75, 3.05) is 47.1 Å². The summed E-state index contributed by atoms with van der Waals surface area (Å²) < 4.78 is 10.3. The molecule has 1 rings (SSSR count). The average molecular weight is 280 g/mol. The van der Waals surface area contributed by atoms with E-state index >= 15 is 0 Å². The Bertz CT molecular complexity index is 368. The van der Waals surface area contributed by atoms with Crippen LogP contribution in [-0.4, -0.2) is 52.0 Å². The zero-order valence-electron chi connectivity index (χ0n) is 13.2. The van der Waals surface area contributed by atoms with Crippen LogP contribution in [0.4, 0.5) is 0 Å². The van der Waals surface area contributed by atoms with Crippen molar-refractivity contribution in [3.05, 3.63) is 34.9 Å². The predicted molar refractivity (Wildman–Crippen MR) is 83.0 cm³/mol. The fourth-order valence-corrected chi connectivity index (χ4v) is 2.34. The van der Waals surface area contributed by atoms with Gasteiger partial charge in [-0.1, -0.05) is 29.3 Å². The van der Waals surface area contributed by atoms with E-state index in [1.807, 2.05) is 0 Å². The van der Waals surface area contributed by atoms with Crippen molar-refractivity contribution in [2.24, 2.45) is 5.73 Å². The van der Waals surface area contributed by atoms with Gasteiger partial charge in [-0.05, 0) is 19.4 Å². The van der Waals surface area contributed by atoms with E-state index in [-0.39, 0.29) is 6.04 Å². The van der Waals surface area contributed by atoms with E-state index in [4.69, 9.17) is 15.2 Å². The zero-order chi connectivity index (χ0) is 15.0. The maximum atomic E-state index is 6.35. The number of nitrogens with zero attached hydrogens (tertiary/aromatic N) is 1. The normalized spacial score (nSPS) is 12.9. The Balaban J connectivity index is 2.65. The molecule has 1 aromatic rings. The van der Waals surface area contributed by atoms with Crippen molar-refractivity contribution in [1.29, 1.82) is 0 Å². The van der Waals surface area contributed by atoms with Crippen LogP contribution in [0.15, 0.2) is 18.2 Å². The maximum absolute atomic E-state index is 6.35. The van der Waals surface area contributed by atoms with Gasteiger partial charge < -0.3 is 15.2 Å². The summed E-state index contributed by atoms with van der Waals surface area (Å²) in [5.41, 5.74) is 10.1. The second-order valence-corrected chi connectivity index (χ2v) is 5.31. The second kappa shape index (κ2) is 9.08. The first-order valence-corrected chi connectivity index (χ1v) is 7.10. The number of hydrogen-bond acceptors (Lipinski definition) is 4. The van der Waals surface area contributed by atoms with E-state index in [0.29, 0.717) is 13.2 Å². The lowest BCUT2D eigenvalue weighted by Crippen LogP contribution is -2.36. The molecule has 0 aliphatic heterocycles. The minimum atomic E-state index is 0.0160. The van der Waals surface area contributed by atoms with E-state index in [0.717, 1.165) is 19.6 Å². The van der Waals surface area contributed by atoms with Gasteiger partial charge in [0.25, 0.3) is 0 Å². The molecule has 4 nitrogen and oxygen atoms in total. The van der Waals surface area contributed by atoms with E-state index in [9.17, 15) is 0 Å². The van der Waals surface area contributed by atoms with Crippen LogP contribution in [0.25, 0.3) is 0 Å². The minimum Gasteiger partial charge on any atom is -0.383 e. The van der Waals surface area contributed by atoms with Gasteiger partial charge in [-0.25, -0.2) is 0 Å². The summed E-state index contributed by atoms with van der Waals surface area (Å²) in [6.45, 7) is 8.20. The van der Waals surface area contributed by atoms with Crippen LogP contribution in [0.3, 0.4) is 0 Å². The van der Waals surface area contributed by atoms with Gasteiger partial charge in [0.15, 0.2) is 0 Å². The summed E-state index contributed by atoms with van der Waals surface area (Å²) in [7, 11) is 3.44. The summed E-state index contributed by atoms with van der Waals surface area (Å²) in [5.74, 6) is 0. The first-order valence-electron chi connectivity index (χ1n) is 7.10. The smallest absolute Gasteiger partial charge is 0.0589 e. The molecule has 114 valence electrons. The number of hydrogen-bond donors (Lipinski definition) is 1. The summed E-state index contributed by atoms with van der Waals surface area (Å²) in [6, 6.07) is 6.52.